The number of piperidine rings is 1. The molecule has 2 unspecified atom stereocenters. The van der Waals surface area contributed by atoms with Gasteiger partial charge < -0.3 is 5.43 Å². The van der Waals surface area contributed by atoms with Gasteiger partial charge in [0.25, 0.3) is 0 Å². The van der Waals surface area contributed by atoms with E-state index in [4.69, 9.17) is 0 Å². The summed E-state index contributed by atoms with van der Waals surface area (Å²) in [6.07, 6.45) is 7.15. The van der Waals surface area contributed by atoms with Gasteiger partial charge in [0.2, 0.25) is 0 Å². The van der Waals surface area contributed by atoms with E-state index in [1.807, 2.05) is 13.2 Å². The number of aromatic nitrogens is 4. The Morgan fingerprint density at radius 3 is 2.68 bits per heavy atom. The molecule has 6 heteroatoms. The smallest absolute Gasteiger partial charge is 0.163 e. The van der Waals surface area contributed by atoms with Crippen LogP contribution in [-0.2, 0) is 7.05 Å². The average Bonchev–Trinajstić information content (AvgIpc) is 2.77. The summed E-state index contributed by atoms with van der Waals surface area (Å²) >= 11 is 0. The molecule has 0 aliphatic carbocycles. The Morgan fingerprint density at radius 1 is 1.21 bits per heavy atom. The molecule has 0 saturated carbocycles. The van der Waals surface area contributed by atoms with E-state index in [0.717, 1.165) is 16.9 Å². The molecule has 1 aliphatic rings. The third-order valence-corrected chi connectivity index (χ3v) is 3.96. The van der Waals surface area contributed by atoms with Gasteiger partial charge in [-0.15, -0.1) is 0 Å². The van der Waals surface area contributed by atoms with Gasteiger partial charge in [-0.3, -0.25) is 4.68 Å². The standard InChI is InChI=1S/C13H20N6/c1-9-5-4-6-10(2)19(9)17-12-11-7-16-18(3)13(11)15-8-14-12/h7-10H,4-6H2,1-3H3,(H,14,15,17). The van der Waals surface area contributed by atoms with E-state index in [1.165, 1.54) is 19.3 Å². The Labute approximate surface area is 112 Å². The molecule has 0 aromatic carbocycles. The third-order valence-electron chi connectivity index (χ3n) is 3.96. The van der Waals surface area contributed by atoms with Crippen LogP contribution in [0.1, 0.15) is 33.1 Å². The van der Waals surface area contributed by atoms with Crippen molar-refractivity contribution < 1.29 is 0 Å². The first-order valence-electron chi connectivity index (χ1n) is 6.84. The van der Waals surface area contributed by atoms with Crippen molar-refractivity contribution in [3.05, 3.63) is 12.5 Å². The molecule has 3 rings (SSSR count). The summed E-state index contributed by atoms with van der Waals surface area (Å²) in [6.45, 7) is 4.51. The predicted molar refractivity (Wildman–Crippen MR) is 74.5 cm³/mol. The van der Waals surface area contributed by atoms with Crippen molar-refractivity contribution in [2.24, 2.45) is 7.05 Å². The molecule has 2 aromatic rings. The molecule has 3 heterocycles. The van der Waals surface area contributed by atoms with E-state index < -0.39 is 0 Å². The molecular weight excluding hydrogens is 240 g/mol. The first-order chi connectivity index (χ1) is 9.16. The van der Waals surface area contributed by atoms with Gasteiger partial charge in [0.1, 0.15) is 6.33 Å². The van der Waals surface area contributed by atoms with Crippen LogP contribution in [0.5, 0.6) is 0 Å². The molecule has 0 bridgehead atoms. The van der Waals surface area contributed by atoms with Crippen LogP contribution in [0.2, 0.25) is 0 Å². The third kappa shape index (κ3) is 2.16. The Morgan fingerprint density at radius 2 is 1.95 bits per heavy atom. The maximum absolute atomic E-state index is 4.37. The lowest BCUT2D eigenvalue weighted by Crippen LogP contribution is -2.47. The second-order valence-corrected chi connectivity index (χ2v) is 5.38. The number of fused-ring (bicyclic) bond motifs is 1. The number of hydrogen-bond acceptors (Lipinski definition) is 5. The Bertz CT molecular complexity index is 568. The van der Waals surface area contributed by atoms with E-state index in [-0.39, 0.29) is 0 Å². The summed E-state index contributed by atoms with van der Waals surface area (Å²) in [5.41, 5.74) is 4.32. The van der Waals surface area contributed by atoms with E-state index >= 15 is 0 Å². The van der Waals surface area contributed by atoms with Crippen LogP contribution < -0.4 is 5.43 Å². The fourth-order valence-corrected chi connectivity index (χ4v) is 2.82. The molecule has 2 atom stereocenters. The van der Waals surface area contributed by atoms with Crippen molar-refractivity contribution in [1.29, 1.82) is 0 Å². The van der Waals surface area contributed by atoms with Gasteiger partial charge >= 0.3 is 0 Å². The van der Waals surface area contributed by atoms with Crippen molar-refractivity contribution in [3.63, 3.8) is 0 Å². The molecule has 1 fully saturated rings. The summed E-state index contributed by atoms with van der Waals surface area (Å²) in [4.78, 5) is 8.63. The fraction of sp³-hybridized carbons (Fsp3) is 0.615. The number of hydrogen-bond donors (Lipinski definition) is 1. The second kappa shape index (κ2) is 4.77. The SMILES string of the molecule is CC1CCCC(C)N1Nc1ncnc2c1cnn2C. The second-order valence-electron chi connectivity index (χ2n) is 5.38. The first kappa shape index (κ1) is 12.3. The van der Waals surface area contributed by atoms with Crippen LogP contribution >= 0.6 is 0 Å². The van der Waals surface area contributed by atoms with Gasteiger partial charge in [-0.05, 0) is 26.7 Å². The van der Waals surface area contributed by atoms with Crippen molar-refractivity contribution in [1.82, 2.24) is 24.8 Å². The minimum absolute atomic E-state index is 0.519. The van der Waals surface area contributed by atoms with Crippen LogP contribution in [0.15, 0.2) is 12.5 Å². The molecule has 0 spiro atoms. The Balaban J connectivity index is 1.92. The lowest BCUT2D eigenvalue weighted by atomic mass is 10.00. The fourth-order valence-electron chi connectivity index (χ4n) is 2.82. The van der Waals surface area contributed by atoms with E-state index in [1.54, 1.807) is 11.0 Å². The van der Waals surface area contributed by atoms with Crippen molar-refractivity contribution >= 4 is 16.9 Å². The highest BCUT2D eigenvalue weighted by Gasteiger charge is 2.25. The summed E-state index contributed by atoms with van der Waals surface area (Å²) in [6, 6.07) is 1.04. The molecule has 102 valence electrons. The topological polar surface area (TPSA) is 58.9 Å². The van der Waals surface area contributed by atoms with Crippen LogP contribution in [0, 0.1) is 0 Å². The number of aryl methyl sites for hydroxylation is 1. The molecule has 1 N–H and O–H groups in total. The molecular formula is C13H20N6. The normalized spacial score (nSPS) is 24.8. The van der Waals surface area contributed by atoms with Crippen molar-refractivity contribution in [2.75, 3.05) is 5.43 Å². The minimum atomic E-state index is 0.519. The van der Waals surface area contributed by atoms with Crippen LogP contribution in [0.4, 0.5) is 5.82 Å². The van der Waals surface area contributed by atoms with Crippen LogP contribution in [-0.4, -0.2) is 36.8 Å². The summed E-state index contributed by atoms with van der Waals surface area (Å²) in [5, 5.41) is 7.51. The number of nitrogens with zero attached hydrogens (tertiary/aromatic N) is 5. The predicted octanol–water partition coefficient (Wildman–Crippen LogP) is 1.95. The zero-order chi connectivity index (χ0) is 13.4. The highest BCUT2D eigenvalue weighted by molar-refractivity contribution is 5.85. The maximum atomic E-state index is 4.37. The van der Waals surface area contributed by atoms with Crippen LogP contribution in [0.3, 0.4) is 0 Å². The van der Waals surface area contributed by atoms with Gasteiger partial charge in [0.05, 0.1) is 11.6 Å². The van der Waals surface area contributed by atoms with Gasteiger partial charge in [-0.1, -0.05) is 6.42 Å². The molecule has 0 amide bonds. The number of rotatable bonds is 2. The van der Waals surface area contributed by atoms with Crippen molar-refractivity contribution in [2.45, 2.75) is 45.2 Å². The van der Waals surface area contributed by atoms with Gasteiger partial charge in [0.15, 0.2) is 11.5 Å². The highest BCUT2D eigenvalue weighted by atomic mass is 15.5. The van der Waals surface area contributed by atoms with Crippen molar-refractivity contribution in [3.8, 4) is 0 Å². The molecule has 6 nitrogen and oxygen atoms in total. The largest absolute Gasteiger partial charge is 0.302 e. The quantitative estimate of drug-likeness (QED) is 0.894. The Hall–Kier alpha value is -1.69. The highest BCUT2D eigenvalue weighted by Crippen LogP contribution is 2.25. The van der Waals surface area contributed by atoms with Gasteiger partial charge in [-0.2, -0.15) is 5.10 Å². The monoisotopic (exact) mass is 260 g/mol. The molecule has 2 aromatic heterocycles. The number of anilines is 1. The number of hydrazine groups is 1. The van der Waals surface area contributed by atoms with E-state index in [2.05, 4.69) is 39.3 Å². The zero-order valence-electron chi connectivity index (χ0n) is 11.7. The lowest BCUT2D eigenvalue weighted by Gasteiger charge is -2.39. The van der Waals surface area contributed by atoms with Crippen LogP contribution in [0.25, 0.3) is 11.0 Å². The summed E-state index contributed by atoms with van der Waals surface area (Å²) in [7, 11) is 1.89. The Kier molecular flexibility index (Phi) is 3.10. The molecule has 1 saturated heterocycles. The molecule has 0 radical (unpaired) electrons. The molecule has 1 aliphatic heterocycles. The van der Waals surface area contributed by atoms with Gasteiger partial charge in [-0.25, -0.2) is 15.0 Å². The maximum Gasteiger partial charge on any atom is 0.163 e. The summed E-state index contributed by atoms with van der Waals surface area (Å²) in [5.74, 6) is 0.846. The van der Waals surface area contributed by atoms with Gasteiger partial charge in [0, 0.05) is 19.1 Å². The lowest BCUT2D eigenvalue weighted by molar-refractivity contribution is 0.135. The van der Waals surface area contributed by atoms with E-state index in [0.29, 0.717) is 12.1 Å². The molecule has 19 heavy (non-hydrogen) atoms. The van der Waals surface area contributed by atoms with E-state index in [9.17, 15) is 0 Å². The first-order valence-corrected chi connectivity index (χ1v) is 6.84. The minimum Gasteiger partial charge on any atom is -0.302 e. The average molecular weight is 260 g/mol. The zero-order valence-corrected chi connectivity index (χ0v) is 11.7. The number of nitrogens with one attached hydrogen (secondary N) is 1. The summed E-state index contributed by atoms with van der Waals surface area (Å²) < 4.78 is 1.77.